The van der Waals surface area contributed by atoms with Crippen molar-refractivity contribution < 1.29 is 4.74 Å². The molecule has 4 nitrogen and oxygen atoms in total. The maximum absolute atomic E-state index is 5.86. The molecular formula is C17H27N3O. The first-order chi connectivity index (χ1) is 10.3. The normalized spacial score (nSPS) is 23.8. The summed E-state index contributed by atoms with van der Waals surface area (Å²) >= 11 is 0. The summed E-state index contributed by atoms with van der Waals surface area (Å²) in [6, 6.07) is 8.90. The van der Waals surface area contributed by atoms with Crippen LogP contribution >= 0.6 is 0 Å². The second kappa shape index (κ2) is 7.25. The van der Waals surface area contributed by atoms with E-state index < -0.39 is 0 Å². The van der Waals surface area contributed by atoms with Gasteiger partial charge in [0.2, 0.25) is 0 Å². The molecule has 0 spiro atoms. The Labute approximate surface area is 127 Å². The van der Waals surface area contributed by atoms with Crippen LogP contribution in [-0.4, -0.2) is 55.2 Å². The van der Waals surface area contributed by atoms with Gasteiger partial charge in [-0.15, -0.1) is 0 Å². The van der Waals surface area contributed by atoms with E-state index in [0.29, 0.717) is 6.54 Å². The lowest BCUT2D eigenvalue weighted by Crippen LogP contribution is -2.38. The number of nitrogens with two attached hydrogens (primary N) is 1. The molecule has 4 heteroatoms. The van der Waals surface area contributed by atoms with Crippen molar-refractivity contribution >= 4 is 0 Å². The Morgan fingerprint density at radius 3 is 2.71 bits per heavy atom. The molecule has 2 fully saturated rings. The molecule has 0 amide bonds. The minimum atomic E-state index is 0.589. The van der Waals surface area contributed by atoms with Crippen molar-refractivity contribution in [1.82, 2.24) is 9.80 Å². The zero-order valence-electron chi connectivity index (χ0n) is 12.8. The number of hydrogen-bond acceptors (Lipinski definition) is 4. The lowest BCUT2D eigenvalue weighted by Gasteiger charge is -2.25. The van der Waals surface area contributed by atoms with Gasteiger partial charge < -0.3 is 10.5 Å². The predicted molar refractivity (Wildman–Crippen MR) is 85.5 cm³/mol. The van der Waals surface area contributed by atoms with E-state index in [4.69, 9.17) is 10.5 Å². The van der Waals surface area contributed by atoms with Gasteiger partial charge in [-0.05, 0) is 56.6 Å². The molecule has 1 unspecified atom stereocenters. The Kier molecular flexibility index (Phi) is 5.12. The van der Waals surface area contributed by atoms with Crippen molar-refractivity contribution in [2.45, 2.75) is 31.8 Å². The van der Waals surface area contributed by atoms with Crippen LogP contribution in [0.25, 0.3) is 0 Å². The first-order valence-corrected chi connectivity index (χ1v) is 8.23. The molecule has 2 saturated heterocycles. The fourth-order valence-corrected chi connectivity index (χ4v) is 3.50. The standard InChI is InChI=1S/C17H27N3O/c18-13-15-4-6-17(7-5-15)21-12-11-19-8-2-10-20-9-1-3-16(20)14-19/h4-7,16H,1-3,8-14,18H2. The van der Waals surface area contributed by atoms with Crippen LogP contribution in [0.5, 0.6) is 5.75 Å². The Balaban J connectivity index is 1.43. The molecule has 0 radical (unpaired) electrons. The number of ether oxygens (including phenoxy) is 1. The van der Waals surface area contributed by atoms with Gasteiger partial charge in [0.1, 0.15) is 12.4 Å². The number of fused-ring (bicyclic) bond motifs is 1. The Hall–Kier alpha value is -1.10. The van der Waals surface area contributed by atoms with Gasteiger partial charge in [0.15, 0.2) is 0 Å². The van der Waals surface area contributed by atoms with E-state index >= 15 is 0 Å². The first-order valence-electron chi connectivity index (χ1n) is 8.23. The second-order valence-corrected chi connectivity index (χ2v) is 6.18. The van der Waals surface area contributed by atoms with Crippen molar-refractivity contribution in [3.8, 4) is 5.75 Å². The number of rotatable bonds is 5. The summed E-state index contributed by atoms with van der Waals surface area (Å²) in [7, 11) is 0. The highest BCUT2D eigenvalue weighted by atomic mass is 16.5. The molecule has 2 aliphatic heterocycles. The van der Waals surface area contributed by atoms with Crippen molar-refractivity contribution in [2.75, 3.05) is 39.3 Å². The summed E-state index contributed by atoms with van der Waals surface area (Å²) in [6.07, 6.45) is 4.04. The Bertz CT molecular complexity index is 434. The quantitative estimate of drug-likeness (QED) is 0.896. The van der Waals surface area contributed by atoms with Gasteiger partial charge in [-0.3, -0.25) is 9.80 Å². The summed E-state index contributed by atoms with van der Waals surface area (Å²) in [5.74, 6) is 0.949. The van der Waals surface area contributed by atoms with Gasteiger partial charge in [0.05, 0.1) is 0 Å². The van der Waals surface area contributed by atoms with E-state index in [1.807, 2.05) is 24.3 Å². The number of nitrogens with zero attached hydrogens (tertiary/aromatic N) is 2. The van der Waals surface area contributed by atoms with E-state index in [9.17, 15) is 0 Å². The van der Waals surface area contributed by atoms with Crippen LogP contribution < -0.4 is 10.5 Å². The van der Waals surface area contributed by atoms with Crippen molar-refractivity contribution in [2.24, 2.45) is 5.73 Å². The van der Waals surface area contributed by atoms with Crippen molar-refractivity contribution in [3.05, 3.63) is 29.8 Å². The topological polar surface area (TPSA) is 41.7 Å². The van der Waals surface area contributed by atoms with Gasteiger partial charge in [0.25, 0.3) is 0 Å². The third-order valence-electron chi connectivity index (χ3n) is 4.72. The predicted octanol–water partition coefficient (Wildman–Crippen LogP) is 1.69. The second-order valence-electron chi connectivity index (χ2n) is 6.18. The molecule has 3 rings (SSSR count). The highest BCUT2D eigenvalue weighted by Crippen LogP contribution is 2.21. The average Bonchev–Trinajstić information content (AvgIpc) is 2.86. The molecule has 0 bridgehead atoms. The van der Waals surface area contributed by atoms with E-state index in [0.717, 1.165) is 30.5 Å². The third kappa shape index (κ3) is 3.96. The Morgan fingerprint density at radius 2 is 1.90 bits per heavy atom. The molecule has 2 heterocycles. The summed E-state index contributed by atoms with van der Waals surface area (Å²) in [4.78, 5) is 5.25. The lowest BCUT2D eigenvalue weighted by molar-refractivity contribution is 0.188. The van der Waals surface area contributed by atoms with Gasteiger partial charge in [0, 0.05) is 25.7 Å². The molecule has 2 N–H and O–H groups in total. The molecule has 116 valence electrons. The third-order valence-corrected chi connectivity index (χ3v) is 4.72. The summed E-state index contributed by atoms with van der Waals surface area (Å²) in [5, 5.41) is 0. The molecule has 0 aliphatic carbocycles. The molecular weight excluding hydrogens is 262 g/mol. The summed E-state index contributed by atoms with van der Waals surface area (Å²) < 4.78 is 5.86. The van der Waals surface area contributed by atoms with Crippen LogP contribution in [0.4, 0.5) is 0 Å². The molecule has 1 aromatic carbocycles. The van der Waals surface area contributed by atoms with Gasteiger partial charge in [-0.25, -0.2) is 0 Å². The van der Waals surface area contributed by atoms with Crippen LogP contribution in [0.15, 0.2) is 24.3 Å². The zero-order chi connectivity index (χ0) is 14.5. The largest absolute Gasteiger partial charge is 0.492 e. The maximum atomic E-state index is 5.86. The molecule has 2 aliphatic rings. The molecule has 21 heavy (non-hydrogen) atoms. The van der Waals surface area contributed by atoms with E-state index in [1.165, 1.54) is 45.4 Å². The molecule has 0 saturated carbocycles. The highest BCUT2D eigenvalue weighted by Gasteiger charge is 2.28. The number of benzene rings is 1. The van der Waals surface area contributed by atoms with Crippen LogP contribution in [0.1, 0.15) is 24.8 Å². The average molecular weight is 289 g/mol. The van der Waals surface area contributed by atoms with Gasteiger partial charge in [-0.1, -0.05) is 12.1 Å². The van der Waals surface area contributed by atoms with Crippen molar-refractivity contribution in [3.63, 3.8) is 0 Å². The van der Waals surface area contributed by atoms with Crippen LogP contribution in [0.2, 0.25) is 0 Å². The highest BCUT2D eigenvalue weighted by molar-refractivity contribution is 5.27. The van der Waals surface area contributed by atoms with Crippen molar-refractivity contribution in [1.29, 1.82) is 0 Å². The minimum absolute atomic E-state index is 0.589. The van der Waals surface area contributed by atoms with E-state index in [-0.39, 0.29) is 0 Å². The SMILES string of the molecule is NCc1ccc(OCCN2CCCN3CCCC3C2)cc1. The maximum Gasteiger partial charge on any atom is 0.119 e. The van der Waals surface area contributed by atoms with Gasteiger partial charge in [-0.2, -0.15) is 0 Å². The molecule has 0 aromatic heterocycles. The Morgan fingerprint density at radius 1 is 1.10 bits per heavy atom. The van der Waals surface area contributed by atoms with E-state index in [1.54, 1.807) is 0 Å². The van der Waals surface area contributed by atoms with Crippen LogP contribution in [-0.2, 0) is 6.54 Å². The summed E-state index contributed by atoms with van der Waals surface area (Å²) in [6.45, 7) is 7.41. The first kappa shape index (κ1) is 14.8. The molecule has 1 aromatic rings. The van der Waals surface area contributed by atoms with Gasteiger partial charge >= 0.3 is 0 Å². The van der Waals surface area contributed by atoms with Crippen LogP contribution in [0.3, 0.4) is 0 Å². The monoisotopic (exact) mass is 289 g/mol. The minimum Gasteiger partial charge on any atom is -0.492 e. The van der Waals surface area contributed by atoms with E-state index in [2.05, 4.69) is 9.80 Å². The zero-order valence-corrected chi connectivity index (χ0v) is 12.8. The fraction of sp³-hybridized carbons (Fsp3) is 0.647. The number of hydrogen-bond donors (Lipinski definition) is 1. The molecule has 1 atom stereocenters. The summed E-state index contributed by atoms with van der Waals surface area (Å²) in [5.41, 5.74) is 6.75. The smallest absolute Gasteiger partial charge is 0.119 e. The lowest BCUT2D eigenvalue weighted by atomic mass is 10.2. The van der Waals surface area contributed by atoms with Crippen LogP contribution in [0, 0.1) is 0 Å². The fourth-order valence-electron chi connectivity index (χ4n) is 3.50.